The van der Waals surface area contributed by atoms with E-state index in [9.17, 15) is 4.79 Å². The molecule has 0 saturated carbocycles. The van der Waals surface area contributed by atoms with Gasteiger partial charge in [0.05, 0.1) is 0 Å². The topological polar surface area (TPSA) is 128 Å². The molecule has 0 aliphatic heterocycles. The summed E-state index contributed by atoms with van der Waals surface area (Å²) in [6.45, 7) is 0. The maximum Gasteiger partial charge on any atom is 0.251 e. The van der Waals surface area contributed by atoms with Crippen molar-refractivity contribution in [2.75, 3.05) is 5.73 Å². The number of nitrogens with one attached hydrogen (secondary N) is 1. The van der Waals surface area contributed by atoms with Crippen molar-refractivity contribution in [1.82, 2.24) is 34.5 Å². The van der Waals surface area contributed by atoms with Crippen molar-refractivity contribution in [2.45, 2.75) is 10.3 Å². The second kappa shape index (κ2) is 5.09. The van der Waals surface area contributed by atoms with Gasteiger partial charge in [0.15, 0.2) is 5.16 Å². The molecule has 0 spiro atoms. The fraction of sp³-hybridized carbons (Fsp3) is 0. The van der Waals surface area contributed by atoms with E-state index >= 15 is 0 Å². The first-order chi connectivity index (χ1) is 9.70. The van der Waals surface area contributed by atoms with E-state index in [0.717, 1.165) is 11.8 Å². The molecule has 0 fully saturated rings. The standard InChI is InChI=1S/C10H8N8OS/c11-7-15-8(18-4-3-12-5-18)17-10(16-7)20-9-13-2-1-6(19)14-9/h1-5H,(H,13,14,19)(H2,11,15,16,17). The maximum atomic E-state index is 11.2. The first-order valence-electron chi connectivity index (χ1n) is 5.44. The van der Waals surface area contributed by atoms with Crippen LogP contribution in [0, 0.1) is 0 Å². The number of rotatable bonds is 3. The smallest absolute Gasteiger partial charge is 0.251 e. The Kier molecular flexibility index (Phi) is 3.13. The van der Waals surface area contributed by atoms with Crippen molar-refractivity contribution >= 4 is 17.7 Å². The maximum absolute atomic E-state index is 11.2. The monoisotopic (exact) mass is 288 g/mol. The van der Waals surface area contributed by atoms with Crippen LogP contribution in [0.1, 0.15) is 0 Å². The molecule has 3 aromatic heterocycles. The van der Waals surface area contributed by atoms with Gasteiger partial charge in [0.2, 0.25) is 17.1 Å². The molecule has 0 unspecified atom stereocenters. The van der Waals surface area contributed by atoms with Crippen LogP contribution in [0.25, 0.3) is 5.95 Å². The van der Waals surface area contributed by atoms with Gasteiger partial charge in [0.25, 0.3) is 5.56 Å². The molecule has 0 aromatic carbocycles. The van der Waals surface area contributed by atoms with Gasteiger partial charge in [-0.3, -0.25) is 9.36 Å². The van der Waals surface area contributed by atoms with Crippen LogP contribution in [-0.2, 0) is 0 Å². The average molecular weight is 288 g/mol. The third-order valence-corrected chi connectivity index (χ3v) is 2.96. The number of nitrogen functional groups attached to an aromatic ring is 1. The van der Waals surface area contributed by atoms with Crippen molar-refractivity contribution in [1.29, 1.82) is 0 Å². The van der Waals surface area contributed by atoms with E-state index in [1.165, 1.54) is 12.3 Å². The second-order valence-corrected chi connectivity index (χ2v) is 4.54. The van der Waals surface area contributed by atoms with E-state index in [1.54, 1.807) is 23.3 Å². The van der Waals surface area contributed by atoms with Crippen LogP contribution in [0.4, 0.5) is 5.95 Å². The zero-order valence-electron chi connectivity index (χ0n) is 9.96. The van der Waals surface area contributed by atoms with Gasteiger partial charge in [-0.1, -0.05) is 0 Å². The summed E-state index contributed by atoms with van der Waals surface area (Å²) in [4.78, 5) is 33.9. The van der Waals surface area contributed by atoms with Crippen molar-refractivity contribution in [3.8, 4) is 5.95 Å². The Labute approximate surface area is 116 Å². The van der Waals surface area contributed by atoms with Crippen LogP contribution in [-0.4, -0.2) is 34.5 Å². The third kappa shape index (κ3) is 2.64. The number of H-pyrrole nitrogens is 1. The molecule has 0 amide bonds. The highest BCUT2D eigenvalue weighted by molar-refractivity contribution is 7.99. The molecule has 0 atom stereocenters. The van der Waals surface area contributed by atoms with E-state index in [4.69, 9.17) is 5.73 Å². The quantitative estimate of drug-likeness (QED) is 0.638. The Morgan fingerprint density at radius 3 is 2.90 bits per heavy atom. The van der Waals surface area contributed by atoms with Crippen LogP contribution < -0.4 is 11.3 Å². The Hall–Kier alpha value is -2.75. The second-order valence-electron chi connectivity index (χ2n) is 3.59. The lowest BCUT2D eigenvalue weighted by molar-refractivity contribution is 0.826. The van der Waals surface area contributed by atoms with Crippen LogP contribution in [0.15, 0.2) is 46.1 Å². The highest BCUT2D eigenvalue weighted by Crippen LogP contribution is 2.20. The molecule has 3 aromatic rings. The summed E-state index contributed by atoms with van der Waals surface area (Å²) in [5.74, 6) is 0.417. The summed E-state index contributed by atoms with van der Waals surface area (Å²) in [6.07, 6.45) is 6.24. The minimum absolute atomic E-state index is 0.0736. The SMILES string of the molecule is Nc1nc(Sc2nccc(=O)[nH]2)nc(-n2ccnc2)n1. The zero-order valence-corrected chi connectivity index (χ0v) is 10.8. The minimum Gasteiger partial charge on any atom is -0.368 e. The van der Waals surface area contributed by atoms with Crippen LogP contribution >= 0.6 is 11.8 Å². The fourth-order valence-corrected chi connectivity index (χ4v) is 2.09. The number of hydrogen-bond donors (Lipinski definition) is 2. The highest BCUT2D eigenvalue weighted by Gasteiger charge is 2.08. The summed E-state index contributed by atoms with van der Waals surface area (Å²) in [5, 5.41) is 0.704. The van der Waals surface area contributed by atoms with E-state index in [-0.39, 0.29) is 11.5 Å². The summed E-state index contributed by atoms with van der Waals surface area (Å²) >= 11 is 1.08. The van der Waals surface area contributed by atoms with Gasteiger partial charge >= 0.3 is 0 Å². The number of aromatic nitrogens is 7. The molecule has 3 N–H and O–H groups in total. The van der Waals surface area contributed by atoms with Gasteiger partial charge in [-0.25, -0.2) is 9.97 Å². The molecule has 0 aliphatic carbocycles. The molecule has 0 bridgehead atoms. The van der Waals surface area contributed by atoms with E-state index in [0.29, 0.717) is 16.3 Å². The number of imidazole rings is 1. The largest absolute Gasteiger partial charge is 0.368 e. The Bertz CT molecular complexity index is 784. The van der Waals surface area contributed by atoms with Gasteiger partial charge in [-0.05, 0) is 11.8 Å². The lowest BCUT2D eigenvalue weighted by Gasteiger charge is -2.04. The highest BCUT2D eigenvalue weighted by atomic mass is 32.2. The normalized spacial score (nSPS) is 10.6. The van der Waals surface area contributed by atoms with Crippen molar-refractivity contribution in [2.24, 2.45) is 0 Å². The Morgan fingerprint density at radius 1 is 1.25 bits per heavy atom. The Balaban J connectivity index is 1.96. The van der Waals surface area contributed by atoms with E-state index in [1.807, 2.05) is 0 Å². The van der Waals surface area contributed by atoms with Crippen LogP contribution in [0.3, 0.4) is 0 Å². The van der Waals surface area contributed by atoms with Crippen molar-refractivity contribution in [3.05, 3.63) is 41.3 Å². The molecule has 3 heterocycles. The summed E-state index contributed by atoms with van der Waals surface area (Å²) < 4.78 is 1.60. The number of aromatic amines is 1. The molecule has 3 rings (SSSR count). The lowest BCUT2D eigenvalue weighted by Crippen LogP contribution is -2.08. The predicted molar refractivity (Wildman–Crippen MR) is 70.3 cm³/mol. The Morgan fingerprint density at radius 2 is 2.15 bits per heavy atom. The number of hydrogen-bond acceptors (Lipinski definition) is 8. The fourth-order valence-electron chi connectivity index (χ4n) is 1.39. The molecule has 20 heavy (non-hydrogen) atoms. The van der Waals surface area contributed by atoms with Gasteiger partial charge in [0, 0.05) is 24.7 Å². The van der Waals surface area contributed by atoms with Gasteiger partial charge < -0.3 is 10.7 Å². The summed E-state index contributed by atoms with van der Waals surface area (Å²) in [7, 11) is 0. The molecular weight excluding hydrogens is 280 g/mol. The van der Waals surface area contributed by atoms with E-state index in [2.05, 4.69) is 29.9 Å². The lowest BCUT2D eigenvalue weighted by atomic mass is 10.7. The molecule has 0 aliphatic rings. The number of anilines is 1. The third-order valence-electron chi connectivity index (χ3n) is 2.19. The van der Waals surface area contributed by atoms with Gasteiger partial charge in [-0.2, -0.15) is 15.0 Å². The first-order valence-corrected chi connectivity index (χ1v) is 6.25. The molecule has 0 saturated heterocycles. The summed E-state index contributed by atoms with van der Waals surface area (Å²) in [5.41, 5.74) is 5.40. The average Bonchev–Trinajstić information content (AvgIpc) is 2.91. The van der Waals surface area contributed by atoms with E-state index < -0.39 is 0 Å². The molecule has 0 radical (unpaired) electrons. The minimum atomic E-state index is -0.251. The van der Waals surface area contributed by atoms with Crippen molar-refractivity contribution in [3.63, 3.8) is 0 Å². The number of nitrogens with two attached hydrogens (primary N) is 1. The summed E-state index contributed by atoms with van der Waals surface area (Å²) in [6, 6.07) is 1.32. The molecule has 10 heteroatoms. The molecule has 100 valence electrons. The molecule has 9 nitrogen and oxygen atoms in total. The van der Waals surface area contributed by atoms with Gasteiger partial charge in [0.1, 0.15) is 6.33 Å². The van der Waals surface area contributed by atoms with Crippen LogP contribution in [0.2, 0.25) is 0 Å². The predicted octanol–water partition coefficient (Wildman–Crippen LogP) is -0.126. The van der Waals surface area contributed by atoms with Crippen molar-refractivity contribution < 1.29 is 0 Å². The van der Waals surface area contributed by atoms with Crippen LogP contribution in [0.5, 0.6) is 0 Å². The van der Waals surface area contributed by atoms with Gasteiger partial charge in [-0.15, -0.1) is 0 Å². The number of nitrogens with zero attached hydrogens (tertiary/aromatic N) is 6. The zero-order chi connectivity index (χ0) is 13.9. The first kappa shape index (κ1) is 12.3. The molecular formula is C10H8N8OS.